The molecule has 0 N–H and O–H groups in total. The molecule has 0 aliphatic rings. The minimum Gasteiger partial charge on any atom is -0.792 e. The van der Waals surface area contributed by atoms with Crippen LogP contribution in [0.1, 0.15) is 12.5 Å². The van der Waals surface area contributed by atoms with Gasteiger partial charge in [-0.3, -0.25) is 0 Å². The lowest BCUT2D eigenvalue weighted by molar-refractivity contribution is 0.355. The first-order valence-corrected chi connectivity index (χ1v) is 4.12. The van der Waals surface area contributed by atoms with Crippen molar-refractivity contribution in [2.45, 2.75) is 6.92 Å². The summed E-state index contributed by atoms with van der Waals surface area (Å²) in [4.78, 5) is 0. The Morgan fingerprint density at radius 3 is 2.36 bits per heavy atom. The van der Waals surface area contributed by atoms with Crippen LogP contribution in [0.5, 0.6) is 11.5 Å². The summed E-state index contributed by atoms with van der Waals surface area (Å²) in [5.41, 5.74) is 1.16. The Kier molecular flexibility index (Phi) is 3.34. The molecule has 0 aliphatic heterocycles. The largest absolute Gasteiger partial charge is 0.792 e. The van der Waals surface area contributed by atoms with Gasteiger partial charge in [0.1, 0.15) is 0 Å². The highest BCUT2D eigenvalue weighted by Gasteiger charge is 2.04. The first-order valence-electron chi connectivity index (χ1n) is 4.12. The van der Waals surface area contributed by atoms with Crippen LogP contribution in [0.25, 0.3) is 0 Å². The van der Waals surface area contributed by atoms with Gasteiger partial charge in [0.2, 0.25) is 0 Å². The summed E-state index contributed by atoms with van der Waals surface area (Å²) in [6.07, 6.45) is 0. The third-order valence-corrected chi connectivity index (χ3v) is 1.94. The number of benzene rings is 1. The number of nitrogens with zero attached hydrogens (tertiary/aromatic N) is 1. The second kappa shape index (κ2) is 4.50. The van der Waals surface area contributed by atoms with Crippen molar-refractivity contribution in [1.29, 1.82) is 0 Å². The zero-order valence-electron chi connectivity index (χ0n) is 8.40. The van der Waals surface area contributed by atoms with E-state index in [1.807, 2.05) is 0 Å². The van der Waals surface area contributed by atoms with Gasteiger partial charge in [-0.25, -0.2) is 0 Å². The molecule has 0 atom stereocenters. The van der Waals surface area contributed by atoms with E-state index < -0.39 is 0 Å². The smallest absolute Gasteiger partial charge is 0.161 e. The van der Waals surface area contributed by atoms with E-state index in [-0.39, 0.29) is 0 Å². The van der Waals surface area contributed by atoms with Gasteiger partial charge in [0.15, 0.2) is 11.5 Å². The standard InChI is InChI=1S/C10H13NO3/c1-7(11-12)8-4-5-9(13-2)10(6-8)14-3/h4-6,12H,1-3H3/p-1/b11-7-. The van der Waals surface area contributed by atoms with Crippen LogP contribution in [0.15, 0.2) is 23.4 Å². The molecule has 14 heavy (non-hydrogen) atoms. The predicted octanol–water partition coefficient (Wildman–Crippen LogP) is 2.01. The molecule has 0 fully saturated rings. The first-order chi connectivity index (χ1) is 6.72. The van der Waals surface area contributed by atoms with E-state index in [9.17, 15) is 5.21 Å². The molecule has 1 aromatic rings. The number of hydrogen-bond donors (Lipinski definition) is 0. The van der Waals surface area contributed by atoms with Crippen LogP contribution in [-0.4, -0.2) is 19.9 Å². The molecule has 1 aromatic carbocycles. The summed E-state index contributed by atoms with van der Waals surface area (Å²) in [6.45, 7) is 1.65. The highest BCUT2D eigenvalue weighted by Crippen LogP contribution is 2.27. The fraction of sp³-hybridized carbons (Fsp3) is 0.300. The van der Waals surface area contributed by atoms with Crippen molar-refractivity contribution in [3.63, 3.8) is 0 Å². The SMILES string of the molecule is COc1ccc(/C(C)=N\[O-])cc1OC. The van der Waals surface area contributed by atoms with Gasteiger partial charge in [-0.2, -0.15) is 0 Å². The average molecular weight is 194 g/mol. The fourth-order valence-electron chi connectivity index (χ4n) is 1.11. The van der Waals surface area contributed by atoms with Gasteiger partial charge in [-0.05, 0) is 30.7 Å². The Hall–Kier alpha value is -1.71. The maximum Gasteiger partial charge on any atom is 0.161 e. The van der Waals surface area contributed by atoms with E-state index in [0.29, 0.717) is 17.2 Å². The fourth-order valence-corrected chi connectivity index (χ4v) is 1.11. The van der Waals surface area contributed by atoms with Crippen molar-refractivity contribution in [2.75, 3.05) is 14.2 Å². The Morgan fingerprint density at radius 2 is 1.86 bits per heavy atom. The molecular weight excluding hydrogens is 182 g/mol. The number of ether oxygens (including phenoxy) is 2. The maximum atomic E-state index is 10.3. The molecule has 4 nitrogen and oxygen atoms in total. The summed E-state index contributed by atoms with van der Waals surface area (Å²) in [5, 5.41) is 13.2. The Labute approximate surface area is 82.8 Å². The van der Waals surface area contributed by atoms with Crippen LogP contribution < -0.4 is 9.47 Å². The maximum absolute atomic E-state index is 10.3. The van der Waals surface area contributed by atoms with E-state index in [1.165, 1.54) is 0 Å². The lowest BCUT2D eigenvalue weighted by Gasteiger charge is -2.09. The van der Waals surface area contributed by atoms with E-state index in [0.717, 1.165) is 5.56 Å². The minimum absolute atomic E-state index is 0.422. The van der Waals surface area contributed by atoms with E-state index >= 15 is 0 Å². The average Bonchev–Trinajstić information content (AvgIpc) is 2.26. The zero-order chi connectivity index (χ0) is 10.6. The van der Waals surface area contributed by atoms with Gasteiger partial charge in [-0.15, -0.1) is 0 Å². The van der Waals surface area contributed by atoms with Crippen molar-refractivity contribution in [3.05, 3.63) is 29.0 Å². The monoisotopic (exact) mass is 194 g/mol. The van der Waals surface area contributed by atoms with Gasteiger partial charge in [0.25, 0.3) is 0 Å². The molecule has 0 saturated heterocycles. The van der Waals surface area contributed by atoms with Gasteiger partial charge < -0.3 is 19.8 Å². The molecule has 0 amide bonds. The normalized spacial score (nSPS) is 11.2. The summed E-state index contributed by atoms with van der Waals surface area (Å²) in [7, 11) is 3.11. The van der Waals surface area contributed by atoms with Crippen molar-refractivity contribution in [3.8, 4) is 11.5 Å². The predicted molar refractivity (Wildman–Crippen MR) is 55.1 cm³/mol. The van der Waals surface area contributed by atoms with Crippen molar-refractivity contribution < 1.29 is 9.47 Å². The highest BCUT2D eigenvalue weighted by atomic mass is 16.5. The van der Waals surface area contributed by atoms with Gasteiger partial charge in [0, 0.05) is 5.71 Å². The summed E-state index contributed by atoms with van der Waals surface area (Å²) >= 11 is 0. The van der Waals surface area contributed by atoms with Gasteiger partial charge >= 0.3 is 0 Å². The molecule has 0 radical (unpaired) electrons. The molecule has 0 aliphatic carbocycles. The molecule has 0 unspecified atom stereocenters. The minimum atomic E-state index is 0.422. The second-order valence-electron chi connectivity index (χ2n) is 2.75. The molecule has 4 heteroatoms. The molecule has 76 valence electrons. The molecule has 0 aromatic heterocycles. The van der Waals surface area contributed by atoms with Crippen LogP contribution >= 0.6 is 0 Å². The van der Waals surface area contributed by atoms with Crippen LogP contribution in [-0.2, 0) is 0 Å². The molecule has 1 rings (SSSR count). The topological polar surface area (TPSA) is 53.9 Å². The lowest BCUT2D eigenvalue weighted by Crippen LogP contribution is -1.96. The molecule has 0 spiro atoms. The number of methoxy groups -OCH3 is 2. The number of hydrogen-bond acceptors (Lipinski definition) is 4. The molecule has 0 saturated carbocycles. The quantitative estimate of drug-likeness (QED) is 0.546. The van der Waals surface area contributed by atoms with Crippen LogP contribution in [0.2, 0.25) is 0 Å². The van der Waals surface area contributed by atoms with Crippen molar-refractivity contribution >= 4 is 5.71 Å². The second-order valence-corrected chi connectivity index (χ2v) is 2.75. The summed E-state index contributed by atoms with van der Waals surface area (Å²) in [5.74, 6) is 1.22. The van der Waals surface area contributed by atoms with Gasteiger partial charge in [-0.1, -0.05) is 0 Å². The van der Waals surface area contributed by atoms with E-state index in [4.69, 9.17) is 9.47 Å². The third kappa shape index (κ3) is 1.96. The van der Waals surface area contributed by atoms with Crippen LogP contribution in [0.4, 0.5) is 0 Å². The highest BCUT2D eigenvalue weighted by molar-refractivity contribution is 5.99. The Morgan fingerprint density at radius 1 is 1.21 bits per heavy atom. The van der Waals surface area contributed by atoms with Crippen molar-refractivity contribution in [1.82, 2.24) is 0 Å². The van der Waals surface area contributed by atoms with Gasteiger partial charge in [0.05, 0.1) is 14.2 Å². The first kappa shape index (κ1) is 10.4. The third-order valence-electron chi connectivity index (χ3n) is 1.94. The Balaban J connectivity index is 3.14. The summed E-state index contributed by atoms with van der Waals surface area (Å²) in [6, 6.07) is 5.22. The van der Waals surface area contributed by atoms with Crippen molar-refractivity contribution in [2.24, 2.45) is 5.16 Å². The van der Waals surface area contributed by atoms with E-state index in [1.54, 1.807) is 39.3 Å². The molecule has 0 bridgehead atoms. The summed E-state index contributed by atoms with van der Waals surface area (Å²) < 4.78 is 10.2. The lowest BCUT2D eigenvalue weighted by atomic mass is 10.1. The molecular formula is C10H12NO3-. The number of rotatable bonds is 3. The van der Waals surface area contributed by atoms with Crippen LogP contribution in [0, 0.1) is 5.21 Å². The van der Waals surface area contributed by atoms with Crippen LogP contribution in [0.3, 0.4) is 0 Å². The molecule has 0 heterocycles. The van der Waals surface area contributed by atoms with E-state index in [2.05, 4.69) is 5.16 Å². The zero-order valence-corrected chi connectivity index (χ0v) is 8.40. The Bertz CT molecular complexity index is 347.